The Kier molecular flexibility index (Phi) is 9.91. The lowest BCUT2D eigenvalue weighted by atomic mass is 9.99. The van der Waals surface area contributed by atoms with Gasteiger partial charge in [0.05, 0.1) is 12.1 Å². The minimum atomic E-state index is -2.32. The summed E-state index contributed by atoms with van der Waals surface area (Å²) in [4.78, 5) is 23.9. The monoisotopic (exact) mass is 530 g/mol. The lowest BCUT2D eigenvalue weighted by Crippen LogP contribution is -2.45. The first-order valence-corrected chi connectivity index (χ1v) is 18.0. The molecule has 34 heavy (non-hydrogen) atoms. The molecule has 0 aliphatic carbocycles. The summed E-state index contributed by atoms with van der Waals surface area (Å²) in [5, 5.41) is 9.22. The van der Waals surface area contributed by atoms with Crippen molar-refractivity contribution < 1.29 is 28.3 Å². The minimum absolute atomic E-state index is 0.0542. The van der Waals surface area contributed by atoms with Crippen molar-refractivity contribution in [2.45, 2.75) is 103 Å². The Balaban J connectivity index is 3.75. The maximum Gasteiger partial charge on any atom is 0.341 e. The second-order valence-electron chi connectivity index (χ2n) is 11.9. The highest BCUT2D eigenvalue weighted by molar-refractivity contribution is 6.75. The summed E-state index contributed by atoms with van der Waals surface area (Å²) in [6, 6.07) is 1.75. The number of hydrogen-bond donors (Lipinski definition) is 1. The van der Waals surface area contributed by atoms with Gasteiger partial charge in [0.2, 0.25) is 0 Å². The number of halogens is 1. The number of ether oxygens (including phenoxy) is 1. The third-order valence-corrected chi connectivity index (χ3v) is 16.2. The molecule has 0 aliphatic rings. The van der Waals surface area contributed by atoms with Crippen molar-refractivity contribution in [3.05, 3.63) is 22.2 Å². The SMILES string of the molecule is COC(=O)c1c(O[Si](C)(C)C(C)(C)C)cc(O[Si](C)(C)C(C)(C)C)c(Cl)c1CCCCC(=O)O. The molecule has 0 aromatic heterocycles. The van der Waals surface area contributed by atoms with E-state index in [0.29, 0.717) is 46.9 Å². The number of rotatable bonds is 10. The van der Waals surface area contributed by atoms with Crippen molar-refractivity contribution >= 4 is 40.2 Å². The molecule has 1 rings (SSSR count). The van der Waals surface area contributed by atoms with E-state index in [-0.39, 0.29) is 16.5 Å². The van der Waals surface area contributed by atoms with E-state index in [1.165, 1.54) is 7.11 Å². The van der Waals surface area contributed by atoms with Gasteiger partial charge in [0, 0.05) is 12.5 Å². The van der Waals surface area contributed by atoms with Gasteiger partial charge in [-0.25, -0.2) is 4.79 Å². The second-order valence-corrected chi connectivity index (χ2v) is 21.7. The molecular weight excluding hydrogens is 488 g/mol. The van der Waals surface area contributed by atoms with Crippen LogP contribution in [-0.4, -0.2) is 40.8 Å². The van der Waals surface area contributed by atoms with Crippen LogP contribution in [0.4, 0.5) is 0 Å². The van der Waals surface area contributed by atoms with Crippen LogP contribution >= 0.6 is 11.6 Å². The van der Waals surface area contributed by atoms with Crippen LogP contribution in [0.15, 0.2) is 6.07 Å². The summed E-state index contributed by atoms with van der Waals surface area (Å²) < 4.78 is 18.3. The number of unbranched alkanes of at least 4 members (excludes halogenated alkanes) is 1. The first-order chi connectivity index (χ1) is 15.2. The predicted molar refractivity (Wildman–Crippen MR) is 144 cm³/mol. The Morgan fingerprint density at radius 3 is 1.79 bits per heavy atom. The quantitative estimate of drug-likeness (QED) is 0.189. The van der Waals surface area contributed by atoms with Crippen molar-refractivity contribution in [3.63, 3.8) is 0 Å². The molecule has 0 aliphatic heterocycles. The summed E-state index contributed by atoms with van der Waals surface area (Å²) in [5.74, 6) is -0.452. The number of carbonyl (C=O) groups is 2. The Bertz CT molecular complexity index is 898. The zero-order valence-corrected chi connectivity index (χ0v) is 25.5. The molecule has 1 N–H and O–H groups in total. The Morgan fingerprint density at radius 2 is 1.38 bits per heavy atom. The molecule has 0 amide bonds. The van der Waals surface area contributed by atoms with E-state index in [1.807, 2.05) is 0 Å². The molecule has 0 fully saturated rings. The molecule has 0 saturated carbocycles. The maximum absolute atomic E-state index is 13.0. The Labute approximate surface area is 212 Å². The first-order valence-electron chi connectivity index (χ1n) is 11.8. The van der Waals surface area contributed by atoms with Crippen molar-refractivity contribution in [2.75, 3.05) is 7.11 Å². The maximum atomic E-state index is 13.0. The summed E-state index contributed by atoms with van der Waals surface area (Å²) in [6.45, 7) is 21.3. The largest absolute Gasteiger partial charge is 0.543 e. The van der Waals surface area contributed by atoms with Gasteiger partial charge in [-0.05, 0) is 61.1 Å². The fraction of sp³-hybridized carbons (Fsp3) is 0.680. The number of carboxylic acid groups (broad SMARTS) is 1. The number of esters is 1. The van der Waals surface area contributed by atoms with Crippen LogP contribution in [0, 0.1) is 0 Å². The van der Waals surface area contributed by atoms with Crippen molar-refractivity contribution in [2.24, 2.45) is 0 Å². The van der Waals surface area contributed by atoms with Gasteiger partial charge >= 0.3 is 11.9 Å². The summed E-state index contributed by atoms with van der Waals surface area (Å²) in [5.41, 5.74) is 0.888. The van der Waals surface area contributed by atoms with E-state index in [2.05, 4.69) is 67.7 Å². The number of hydrogen-bond acceptors (Lipinski definition) is 5. The average Bonchev–Trinajstić information content (AvgIpc) is 2.65. The Hall–Kier alpha value is -1.52. The van der Waals surface area contributed by atoms with E-state index < -0.39 is 28.6 Å². The second kappa shape index (κ2) is 11.0. The van der Waals surface area contributed by atoms with Gasteiger partial charge in [0.25, 0.3) is 16.6 Å². The third-order valence-electron chi connectivity index (χ3n) is 7.09. The molecule has 9 heteroatoms. The molecule has 0 saturated heterocycles. The first kappa shape index (κ1) is 30.5. The predicted octanol–water partition coefficient (Wildman–Crippen LogP) is 7.69. The molecule has 194 valence electrons. The zero-order chi connectivity index (χ0) is 26.7. The van der Waals surface area contributed by atoms with Crippen LogP contribution in [0.1, 0.15) is 76.7 Å². The smallest absolute Gasteiger partial charge is 0.341 e. The topological polar surface area (TPSA) is 82.1 Å². The van der Waals surface area contributed by atoms with Gasteiger partial charge in [-0.1, -0.05) is 53.1 Å². The standard InChI is InChI=1S/C25H43ClO6Si2/c1-24(2,3)33(8,9)31-18-16-19(32-34(10,11)25(4,5)6)22(26)17(21(18)23(29)30-7)14-12-13-15-20(27)28/h16H,12-15H2,1-11H3,(H,27,28). The molecule has 1 aromatic carbocycles. The van der Waals surface area contributed by atoms with Gasteiger partial charge in [-0.2, -0.15) is 0 Å². The highest BCUT2D eigenvalue weighted by Gasteiger charge is 2.42. The van der Waals surface area contributed by atoms with Crippen LogP contribution in [0.3, 0.4) is 0 Å². The summed E-state index contributed by atoms with van der Waals surface area (Å²) >= 11 is 6.87. The highest BCUT2D eigenvalue weighted by atomic mass is 35.5. The van der Waals surface area contributed by atoms with Crippen molar-refractivity contribution in [1.29, 1.82) is 0 Å². The summed E-state index contributed by atoms with van der Waals surface area (Å²) in [7, 11) is -3.23. The number of methoxy groups -OCH3 is 1. The van der Waals surface area contributed by atoms with Crippen molar-refractivity contribution in [1.82, 2.24) is 0 Å². The van der Waals surface area contributed by atoms with E-state index in [1.54, 1.807) is 6.07 Å². The molecule has 0 spiro atoms. The van der Waals surface area contributed by atoms with Crippen LogP contribution in [0.25, 0.3) is 0 Å². The van der Waals surface area contributed by atoms with Gasteiger partial charge in [-0.3, -0.25) is 4.79 Å². The number of benzene rings is 1. The fourth-order valence-electron chi connectivity index (χ4n) is 2.81. The van der Waals surface area contributed by atoms with Crippen LogP contribution in [-0.2, 0) is 16.0 Å². The lowest BCUT2D eigenvalue weighted by molar-refractivity contribution is -0.137. The van der Waals surface area contributed by atoms with Gasteiger partial charge in [0.15, 0.2) is 0 Å². The van der Waals surface area contributed by atoms with Crippen LogP contribution in [0.2, 0.25) is 41.3 Å². The van der Waals surface area contributed by atoms with E-state index in [9.17, 15) is 9.59 Å². The van der Waals surface area contributed by atoms with Gasteiger partial charge in [0.1, 0.15) is 17.1 Å². The van der Waals surface area contributed by atoms with E-state index in [4.69, 9.17) is 30.3 Å². The normalized spacial score (nSPS) is 12.9. The minimum Gasteiger partial charge on any atom is -0.543 e. The third kappa shape index (κ3) is 7.49. The number of aliphatic carboxylic acids is 1. The van der Waals surface area contributed by atoms with Crippen molar-refractivity contribution in [3.8, 4) is 11.5 Å². The number of carbonyl (C=O) groups excluding carboxylic acids is 1. The molecule has 0 unspecified atom stereocenters. The molecule has 0 radical (unpaired) electrons. The van der Waals surface area contributed by atoms with Crippen LogP contribution < -0.4 is 8.85 Å². The summed E-state index contributed by atoms with van der Waals surface area (Å²) in [6.07, 6.45) is 1.49. The molecule has 0 bridgehead atoms. The fourth-order valence-corrected chi connectivity index (χ4v) is 5.19. The van der Waals surface area contributed by atoms with Gasteiger partial charge in [-0.15, -0.1) is 0 Å². The molecule has 6 nitrogen and oxygen atoms in total. The zero-order valence-electron chi connectivity index (χ0n) is 22.8. The molecule has 1 aromatic rings. The average molecular weight is 531 g/mol. The Morgan fingerprint density at radius 1 is 0.912 bits per heavy atom. The van der Waals surface area contributed by atoms with E-state index in [0.717, 1.165) is 0 Å². The number of carboxylic acids is 1. The lowest BCUT2D eigenvalue weighted by Gasteiger charge is -2.39. The highest BCUT2D eigenvalue weighted by Crippen LogP contribution is 2.46. The molecule has 0 atom stereocenters. The molecular formula is C25H43ClO6Si2. The van der Waals surface area contributed by atoms with Gasteiger partial charge < -0.3 is 18.7 Å². The molecule has 0 heterocycles. The van der Waals surface area contributed by atoms with Crippen LogP contribution in [0.5, 0.6) is 11.5 Å². The van der Waals surface area contributed by atoms with E-state index >= 15 is 0 Å².